The van der Waals surface area contributed by atoms with Gasteiger partial charge < -0.3 is 25.1 Å². The minimum Gasteiger partial charge on any atom is -0.454 e. The molecule has 10 heteroatoms. The van der Waals surface area contributed by atoms with Crippen LogP contribution in [0.2, 0.25) is 0 Å². The molecule has 0 saturated carbocycles. The van der Waals surface area contributed by atoms with Gasteiger partial charge in [0.2, 0.25) is 5.78 Å². The van der Waals surface area contributed by atoms with E-state index in [-0.39, 0.29) is 34.4 Å². The molecule has 8 nitrogen and oxygen atoms in total. The SMILES string of the molecule is Cc1cc2cc(C(=O)c3cnn(-c4c(C)cc(Oc5ccccc5F)cc4F)c3N)[nH]c2cc1N1CCOCC1. The van der Waals surface area contributed by atoms with Crippen LogP contribution in [0.25, 0.3) is 16.6 Å². The van der Waals surface area contributed by atoms with E-state index in [1.54, 1.807) is 25.1 Å². The Morgan fingerprint density at radius 1 is 1.02 bits per heavy atom. The zero-order valence-electron chi connectivity index (χ0n) is 22.0. The molecule has 40 heavy (non-hydrogen) atoms. The fourth-order valence-electron chi connectivity index (χ4n) is 5.09. The Hall–Kier alpha value is -4.70. The molecule has 6 rings (SSSR count). The van der Waals surface area contributed by atoms with E-state index in [9.17, 15) is 9.18 Å². The second-order valence-corrected chi connectivity index (χ2v) is 9.80. The highest BCUT2D eigenvalue weighted by Gasteiger charge is 2.23. The van der Waals surface area contributed by atoms with Crippen LogP contribution in [-0.2, 0) is 4.74 Å². The number of para-hydroxylation sites is 1. The van der Waals surface area contributed by atoms with Gasteiger partial charge in [-0.2, -0.15) is 5.10 Å². The maximum Gasteiger partial charge on any atom is 0.214 e. The fourth-order valence-corrected chi connectivity index (χ4v) is 5.09. The summed E-state index contributed by atoms with van der Waals surface area (Å²) < 4.78 is 41.5. The summed E-state index contributed by atoms with van der Waals surface area (Å²) in [5, 5.41) is 5.12. The summed E-state index contributed by atoms with van der Waals surface area (Å²) in [5.74, 6) is -1.51. The molecule has 1 saturated heterocycles. The van der Waals surface area contributed by atoms with Crippen LogP contribution >= 0.6 is 0 Å². The molecular weight excluding hydrogens is 516 g/mol. The van der Waals surface area contributed by atoms with Crippen molar-refractivity contribution in [2.75, 3.05) is 36.9 Å². The number of aromatic nitrogens is 3. The molecule has 3 heterocycles. The van der Waals surface area contributed by atoms with E-state index in [1.165, 1.54) is 29.1 Å². The monoisotopic (exact) mass is 543 g/mol. The van der Waals surface area contributed by atoms with Gasteiger partial charge in [-0.15, -0.1) is 0 Å². The third-order valence-electron chi connectivity index (χ3n) is 7.09. The lowest BCUT2D eigenvalue weighted by atomic mass is 10.1. The number of hydrogen-bond acceptors (Lipinski definition) is 6. The molecule has 3 N–H and O–H groups in total. The average molecular weight is 544 g/mol. The van der Waals surface area contributed by atoms with Gasteiger partial charge in [0.05, 0.1) is 30.7 Å². The first-order valence-corrected chi connectivity index (χ1v) is 12.9. The predicted octanol–water partition coefficient (Wildman–Crippen LogP) is 5.69. The third kappa shape index (κ3) is 4.56. The number of nitrogens with one attached hydrogen (secondary N) is 1. The number of ether oxygens (including phenoxy) is 2. The number of halogens is 2. The largest absolute Gasteiger partial charge is 0.454 e. The molecule has 204 valence electrons. The molecular formula is C30H27F2N5O3. The smallest absolute Gasteiger partial charge is 0.214 e. The Kier molecular flexibility index (Phi) is 6.47. The van der Waals surface area contributed by atoms with E-state index >= 15 is 4.39 Å². The number of morpholine rings is 1. The second-order valence-electron chi connectivity index (χ2n) is 9.80. The lowest BCUT2D eigenvalue weighted by molar-refractivity contribution is 0.103. The van der Waals surface area contributed by atoms with Gasteiger partial charge in [-0.25, -0.2) is 13.5 Å². The van der Waals surface area contributed by atoms with Crippen LogP contribution in [0.4, 0.5) is 20.3 Å². The molecule has 0 amide bonds. The van der Waals surface area contributed by atoms with E-state index in [0.29, 0.717) is 24.5 Å². The van der Waals surface area contributed by atoms with Crippen LogP contribution in [-0.4, -0.2) is 46.9 Å². The first kappa shape index (κ1) is 25.6. The van der Waals surface area contributed by atoms with Gasteiger partial charge in [-0.1, -0.05) is 12.1 Å². The molecule has 0 atom stereocenters. The highest BCUT2D eigenvalue weighted by atomic mass is 19.1. The summed E-state index contributed by atoms with van der Waals surface area (Å²) in [6.45, 7) is 6.67. The summed E-state index contributed by atoms with van der Waals surface area (Å²) >= 11 is 0. The minimum atomic E-state index is -0.683. The van der Waals surface area contributed by atoms with Crippen molar-refractivity contribution in [1.29, 1.82) is 0 Å². The van der Waals surface area contributed by atoms with Crippen LogP contribution in [0.3, 0.4) is 0 Å². The zero-order chi connectivity index (χ0) is 28.0. The van der Waals surface area contributed by atoms with E-state index in [4.69, 9.17) is 15.2 Å². The molecule has 0 aliphatic carbocycles. The Bertz CT molecular complexity index is 1730. The number of benzene rings is 3. The van der Waals surface area contributed by atoms with Crippen molar-refractivity contribution in [3.8, 4) is 17.2 Å². The lowest BCUT2D eigenvalue weighted by Gasteiger charge is -2.30. The summed E-state index contributed by atoms with van der Waals surface area (Å²) in [6, 6.07) is 14.4. The first-order valence-electron chi connectivity index (χ1n) is 12.9. The molecule has 0 radical (unpaired) electrons. The quantitative estimate of drug-likeness (QED) is 0.267. The van der Waals surface area contributed by atoms with Gasteiger partial charge >= 0.3 is 0 Å². The van der Waals surface area contributed by atoms with Crippen LogP contribution in [0.1, 0.15) is 27.2 Å². The van der Waals surface area contributed by atoms with Gasteiger partial charge in [0, 0.05) is 35.7 Å². The van der Waals surface area contributed by atoms with Crippen LogP contribution < -0.4 is 15.4 Å². The standard InChI is InChI=1S/C30H27F2N5O3/c1-17-11-19-13-25(35-24(19)15-26(17)36-7-9-39-10-8-36)29(38)21-16-34-37(30(21)33)28-18(2)12-20(14-23(28)32)40-27-6-4-3-5-22(27)31/h3-6,11-16,35H,7-10,33H2,1-2H3. The number of carbonyl (C=O) groups excluding carboxylic acids is 1. The lowest BCUT2D eigenvalue weighted by Crippen LogP contribution is -2.36. The Morgan fingerprint density at radius 2 is 1.80 bits per heavy atom. The number of ketones is 1. The van der Waals surface area contributed by atoms with E-state index in [2.05, 4.69) is 15.0 Å². The molecule has 0 spiro atoms. The second kappa shape index (κ2) is 10.1. The third-order valence-corrected chi connectivity index (χ3v) is 7.09. The average Bonchev–Trinajstić information content (AvgIpc) is 3.52. The maximum atomic E-state index is 15.3. The normalized spacial score (nSPS) is 13.7. The van der Waals surface area contributed by atoms with Crippen molar-refractivity contribution in [1.82, 2.24) is 14.8 Å². The number of hydrogen-bond donors (Lipinski definition) is 2. The molecule has 0 bridgehead atoms. The molecule has 1 aliphatic rings. The number of rotatable bonds is 6. The zero-order valence-corrected chi connectivity index (χ0v) is 22.0. The highest BCUT2D eigenvalue weighted by Crippen LogP contribution is 2.32. The number of H-pyrrole nitrogens is 1. The summed E-state index contributed by atoms with van der Waals surface area (Å²) in [4.78, 5) is 19.0. The number of anilines is 2. The molecule has 1 aliphatic heterocycles. The van der Waals surface area contributed by atoms with Gasteiger partial charge in [0.25, 0.3) is 0 Å². The van der Waals surface area contributed by atoms with Gasteiger partial charge in [0.1, 0.15) is 17.3 Å². The Morgan fingerprint density at radius 3 is 2.55 bits per heavy atom. The van der Waals surface area contributed by atoms with E-state index < -0.39 is 11.6 Å². The van der Waals surface area contributed by atoms with E-state index in [1.807, 2.05) is 19.1 Å². The van der Waals surface area contributed by atoms with Crippen molar-refractivity contribution in [3.05, 3.63) is 94.8 Å². The molecule has 5 aromatic rings. The summed E-state index contributed by atoms with van der Waals surface area (Å²) in [6.07, 6.45) is 1.33. The van der Waals surface area contributed by atoms with Crippen LogP contribution in [0.15, 0.2) is 60.8 Å². The summed E-state index contributed by atoms with van der Waals surface area (Å²) in [5.41, 5.74) is 10.4. The minimum absolute atomic E-state index is 0.00128. The number of aryl methyl sites for hydroxylation is 2. The Balaban J connectivity index is 1.29. The summed E-state index contributed by atoms with van der Waals surface area (Å²) in [7, 11) is 0. The highest BCUT2D eigenvalue weighted by molar-refractivity contribution is 6.12. The Labute approximate surface area is 228 Å². The first-order chi connectivity index (χ1) is 19.3. The number of nitrogen functional groups attached to an aromatic ring is 1. The molecule has 1 fully saturated rings. The number of fused-ring (bicyclic) bond motifs is 1. The number of carbonyl (C=O) groups is 1. The van der Waals surface area contributed by atoms with Gasteiger partial charge in [-0.3, -0.25) is 4.79 Å². The number of nitrogens with two attached hydrogens (primary N) is 1. The van der Waals surface area contributed by atoms with Crippen LogP contribution in [0.5, 0.6) is 11.5 Å². The molecule has 2 aromatic heterocycles. The number of aromatic amines is 1. The maximum absolute atomic E-state index is 15.3. The van der Waals surface area contributed by atoms with Crippen LogP contribution in [0, 0.1) is 25.5 Å². The topological polar surface area (TPSA) is 98.4 Å². The number of nitrogens with zero attached hydrogens (tertiary/aromatic N) is 3. The van der Waals surface area contributed by atoms with Gasteiger partial charge in [0.15, 0.2) is 17.4 Å². The molecule has 0 unspecified atom stereocenters. The van der Waals surface area contributed by atoms with Crippen molar-refractivity contribution < 1.29 is 23.0 Å². The van der Waals surface area contributed by atoms with Crippen molar-refractivity contribution in [2.45, 2.75) is 13.8 Å². The fraction of sp³-hybridized carbons (Fsp3) is 0.200. The van der Waals surface area contributed by atoms with Gasteiger partial charge in [-0.05, 0) is 61.4 Å². The van der Waals surface area contributed by atoms with Crippen molar-refractivity contribution >= 4 is 28.2 Å². The van der Waals surface area contributed by atoms with Crippen molar-refractivity contribution in [2.24, 2.45) is 0 Å². The predicted molar refractivity (Wildman–Crippen MR) is 149 cm³/mol. The van der Waals surface area contributed by atoms with E-state index in [0.717, 1.165) is 41.3 Å². The van der Waals surface area contributed by atoms with Crippen molar-refractivity contribution in [3.63, 3.8) is 0 Å². The molecule has 3 aromatic carbocycles.